The Kier molecular flexibility index (Phi) is 6.39. The molecule has 0 heterocycles. The monoisotopic (exact) mass is 174 g/mol. The Labute approximate surface area is 75.9 Å². The minimum Gasteiger partial charge on any atom is -0.396 e. The maximum absolute atomic E-state index is 8.53. The first kappa shape index (κ1) is 11.9. The van der Waals surface area contributed by atoms with Crippen molar-refractivity contribution in [2.75, 3.05) is 13.2 Å². The zero-order chi connectivity index (χ0) is 9.45. The van der Waals surface area contributed by atoms with Gasteiger partial charge in [-0.2, -0.15) is 0 Å². The van der Waals surface area contributed by atoms with E-state index in [0.29, 0.717) is 6.61 Å². The summed E-state index contributed by atoms with van der Waals surface area (Å²) in [6.45, 7) is 7.48. The lowest BCUT2D eigenvalue weighted by molar-refractivity contribution is -0.0218. The van der Waals surface area contributed by atoms with Crippen LogP contribution in [0.4, 0.5) is 0 Å². The molecule has 0 aliphatic heterocycles. The second-order valence-corrected chi connectivity index (χ2v) is 3.75. The van der Waals surface area contributed by atoms with Crippen LogP contribution in [-0.2, 0) is 4.74 Å². The van der Waals surface area contributed by atoms with Crippen molar-refractivity contribution < 1.29 is 9.84 Å². The molecule has 0 unspecified atom stereocenters. The molecule has 2 heteroatoms. The molecule has 0 aromatic rings. The number of hydrogen-bond donors (Lipinski definition) is 1. The van der Waals surface area contributed by atoms with Gasteiger partial charge in [0, 0.05) is 13.2 Å². The molecule has 0 atom stereocenters. The van der Waals surface area contributed by atoms with E-state index in [9.17, 15) is 0 Å². The van der Waals surface area contributed by atoms with Crippen molar-refractivity contribution in [3.63, 3.8) is 0 Å². The molecule has 2 nitrogen and oxygen atoms in total. The third-order valence-electron chi connectivity index (χ3n) is 2.15. The van der Waals surface area contributed by atoms with Gasteiger partial charge in [-0.1, -0.05) is 6.92 Å². The zero-order valence-electron chi connectivity index (χ0n) is 8.60. The fourth-order valence-corrected chi connectivity index (χ4v) is 0.841. The Morgan fingerprint density at radius 3 is 2.33 bits per heavy atom. The molecule has 1 N–H and O–H groups in total. The van der Waals surface area contributed by atoms with Crippen LogP contribution in [0.2, 0.25) is 0 Å². The molecule has 0 spiro atoms. The standard InChI is InChI=1S/C10H22O2/c1-4-10(2,3)12-9-7-5-6-8-11/h11H,4-9H2,1-3H3. The number of unbranched alkanes of at least 4 members (excludes halogenated alkanes) is 2. The predicted octanol–water partition coefficient (Wildman–Crippen LogP) is 2.35. The van der Waals surface area contributed by atoms with Crippen molar-refractivity contribution in [2.24, 2.45) is 0 Å². The first-order chi connectivity index (χ1) is 5.62. The third-order valence-corrected chi connectivity index (χ3v) is 2.15. The van der Waals surface area contributed by atoms with E-state index in [2.05, 4.69) is 20.8 Å². The highest BCUT2D eigenvalue weighted by Gasteiger charge is 2.13. The maximum Gasteiger partial charge on any atom is 0.0623 e. The second-order valence-electron chi connectivity index (χ2n) is 3.75. The van der Waals surface area contributed by atoms with Crippen molar-refractivity contribution in [3.8, 4) is 0 Å². The molecule has 0 fully saturated rings. The van der Waals surface area contributed by atoms with E-state index in [4.69, 9.17) is 9.84 Å². The molecule has 0 saturated carbocycles. The normalized spacial score (nSPS) is 12.0. The van der Waals surface area contributed by atoms with Gasteiger partial charge in [0.2, 0.25) is 0 Å². The summed E-state index contributed by atoms with van der Waals surface area (Å²) in [7, 11) is 0. The van der Waals surface area contributed by atoms with E-state index in [0.717, 1.165) is 32.3 Å². The van der Waals surface area contributed by atoms with E-state index in [1.54, 1.807) is 0 Å². The average molecular weight is 174 g/mol. The van der Waals surface area contributed by atoms with E-state index < -0.39 is 0 Å². The summed E-state index contributed by atoms with van der Waals surface area (Å²) < 4.78 is 5.64. The van der Waals surface area contributed by atoms with Crippen molar-refractivity contribution in [1.29, 1.82) is 0 Å². The van der Waals surface area contributed by atoms with Gasteiger partial charge >= 0.3 is 0 Å². The largest absolute Gasteiger partial charge is 0.396 e. The molecule has 0 aromatic carbocycles. The summed E-state index contributed by atoms with van der Waals surface area (Å²) >= 11 is 0. The van der Waals surface area contributed by atoms with Crippen LogP contribution >= 0.6 is 0 Å². The van der Waals surface area contributed by atoms with Crippen LogP contribution in [0, 0.1) is 0 Å². The quantitative estimate of drug-likeness (QED) is 0.600. The first-order valence-electron chi connectivity index (χ1n) is 4.87. The lowest BCUT2D eigenvalue weighted by atomic mass is 10.1. The molecular weight excluding hydrogens is 152 g/mol. The summed E-state index contributed by atoms with van der Waals surface area (Å²) in [5.74, 6) is 0. The minimum absolute atomic E-state index is 0.0270. The van der Waals surface area contributed by atoms with E-state index >= 15 is 0 Å². The third kappa shape index (κ3) is 6.62. The summed E-state index contributed by atoms with van der Waals surface area (Å²) in [6.07, 6.45) is 4.07. The van der Waals surface area contributed by atoms with E-state index in [-0.39, 0.29) is 5.60 Å². The average Bonchev–Trinajstić information content (AvgIpc) is 2.04. The zero-order valence-corrected chi connectivity index (χ0v) is 8.60. The van der Waals surface area contributed by atoms with Crippen molar-refractivity contribution in [1.82, 2.24) is 0 Å². The highest BCUT2D eigenvalue weighted by molar-refractivity contribution is 4.64. The number of hydrogen-bond acceptors (Lipinski definition) is 2. The van der Waals surface area contributed by atoms with Gasteiger partial charge in [0.25, 0.3) is 0 Å². The number of ether oxygens (including phenoxy) is 1. The fourth-order valence-electron chi connectivity index (χ4n) is 0.841. The van der Waals surface area contributed by atoms with Crippen LogP contribution in [-0.4, -0.2) is 23.9 Å². The Hall–Kier alpha value is -0.0800. The number of rotatable bonds is 7. The van der Waals surface area contributed by atoms with Crippen LogP contribution in [0.3, 0.4) is 0 Å². The summed E-state index contributed by atoms with van der Waals surface area (Å²) in [5, 5.41) is 8.53. The molecule has 0 aliphatic rings. The molecule has 0 aliphatic carbocycles. The minimum atomic E-state index is 0.0270. The van der Waals surface area contributed by atoms with Crippen LogP contribution in [0.25, 0.3) is 0 Å². The molecule has 0 saturated heterocycles. The highest BCUT2D eigenvalue weighted by atomic mass is 16.5. The Bertz CT molecular complexity index is 100. The number of aliphatic hydroxyl groups is 1. The van der Waals surface area contributed by atoms with Crippen molar-refractivity contribution >= 4 is 0 Å². The summed E-state index contributed by atoms with van der Waals surface area (Å²) in [5.41, 5.74) is 0.0270. The van der Waals surface area contributed by atoms with Gasteiger partial charge < -0.3 is 9.84 Å². The Balaban J connectivity index is 3.19. The van der Waals surface area contributed by atoms with Crippen molar-refractivity contribution in [3.05, 3.63) is 0 Å². The van der Waals surface area contributed by atoms with E-state index in [1.165, 1.54) is 0 Å². The Morgan fingerprint density at radius 1 is 1.17 bits per heavy atom. The van der Waals surface area contributed by atoms with Crippen LogP contribution in [0.1, 0.15) is 46.5 Å². The van der Waals surface area contributed by atoms with Gasteiger partial charge in [-0.3, -0.25) is 0 Å². The molecule has 12 heavy (non-hydrogen) atoms. The van der Waals surface area contributed by atoms with Crippen LogP contribution in [0.15, 0.2) is 0 Å². The topological polar surface area (TPSA) is 29.5 Å². The molecular formula is C10H22O2. The van der Waals surface area contributed by atoms with Crippen LogP contribution in [0.5, 0.6) is 0 Å². The molecule has 0 amide bonds. The van der Waals surface area contributed by atoms with Crippen molar-refractivity contribution in [2.45, 2.75) is 52.1 Å². The lowest BCUT2D eigenvalue weighted by Crippen LogP contribution is -2.23. The molecule has 0 radical (unpaired) electrons. The molecule has 0 aromatic heterocycles. The summed E-state index contributed by atoms with van der Waals surface area (Å²) in [4.78, 5) is 0. The van der Waals surface area contributed by atoms with Gasteiger partial charge in [0.15, 0.2) is 0 Å². The van der Waals surface area contributed by atoms with Gasteiger partial charge in [0.1, 0.15) is 0 Å². The summed E-state index contributed by atoms with van der Waals surface area (Å²) in [6, 6.07) is 0. The van der Waals surface area contributed by atoms with Gasteiger partial charge in [-0.15, -0.1) is 0 Å². The Morgan fingerprint density at radius 2 is 1.83 bits per heavy atom. The smallest absolute Gasteiger partial charge is 0.0623 e. The van der Waals surface area contributed by atoms with Gasteiger partial charge in [-0.05, 0) is 39.5 Å². The molecule has 0 bridgehead atoms. The highest BCUT2D eigenvalue weighted by Crippen LogP contribution is 2.13. The molecule has 0 rings (SSSR count). The van der Waals surface area contributed by atoms with Gasteiger partial charge in [0.05, 0.1) is 5.60 Å². The lowest BCUT2D eigenvalue weighted by Gasteiger charge is -2.23. The van der Waals surface area contributed by atoms with Gasteiger partial charge in [-0.25, -0.2) is 0 Å². The maximum atomic E-state index is 8.53. The molecule has 74 valence electrons. The second kappa shape index (κ2) is 6.44. The number of aliphatic hydroxyl groups excluding tert-OH is 1. The first-order valence-corrected chi connectivity index (χ1v) is 4.87. The van der Waals surface area contributed by atoms with E-state index in [1.807, 2.05) is 0 Å². The van der Waals surface area contributed by atoms with Crippen LogP contribution < -0.4 is 0 Å². The fraction of sp³-hybridized carbons (Fsp3) is 1.00. The predicted molar refractivity (Wildman–Crippen MR) is 51.3 cm³/mol. The SMILES string of the molecule is CCC(C)(C)OCCCCCO.